The fourth-order valence-corrected chi connectivity index (χ4v) is 3.54. The summed E-state index contributed by atoms with van der Waals surface area (Å²) in [6.07, 6.45) is 0. The monoisotopic (exact) mass is 270 g/mol. The van der Waals surface area contributed by atoms with E-state index in [9.17, 15) is 19.2 Å². The number of anilines is 1. The second-order valence-corrected chi connectivity index (χ2v) is 5.30. The number of carbonyl (C=O) groups excluding carboxylic acids is 4. The molecule has 3 aliphatic rings. The van der Waals surface area contributed by atoms with E-state index in [2.05, 4.69) is 5.32 Å². The lowest BCUT2D eigenvalue weighted by atomic mass is 9.59. The summed E-state index contributed by atoms with van der Waals surface area (Å²) in [7, 11) is 0. The molecule has 4 amide bonds. The molecule has 4 rings (SSSR count). The van der Waals surface area contributed by atoms with Gasteiger partial charge in [-0.05, 0) is 12.1 Å². The van der Waals surface area contributed by atoms with Gasteiger partial charge in [-0.1, -0.05) is 18.2 Å². The minimum absolute atomic E-state index is 0.377. The third-order valence-electron chi connectivity index (χ3n) is 4.42. The molecule has 4 atom stereocenters. The van der Waals surface area contributed by atoms with Gasteiger partial charge < -0.3 is 0 Å². The Balaban J connectivity index is 1.75. The summed E-state index contributed by atoms with van der Waals surface area (Å²) in [6.45, 7) is 0. The van der Waals surface area contributed by atoms with E-state index < -0.39 is 35.5 Å². The van der Waals surface area contributed by atoms with Crippen LogP contribution in [0.3, 0.4) is 0 Å². The van der Waals surface area contributed by atoms with Crippen molar-refractivity contribution >= 4 is 29.3 Å². The maximum atomic E-state index is 12.4. The number of amides is 4. The fourth-order valence-electron chi connectivity index (χ4n) is 3.54. The first kappa shape index (κ1) is 11.3. The molecule has 1 aromatic rings. The van der Waals surface area contributed by atoms with Crippen LogP contribution in [-0.2, 0) is 19.2 Å². The van der Waals surface area contributed by atoms with Crippen molar-refractivity contribution in [3.8, 4) is 0 Å². The zero-order chi connectivity index (χ0) is 14.0. The lowest BCUT2D eigenvalue weighted by Gasteiger charge is -2.36. The molecule has 0 bridgehead atoms. The van der Waals surface area contributed by atoms with Gasteiger partial charge in [0.05, 0.1) is 29.4 Å². The van der Waals surface area contributed by atoms with Crippen LogP contribution in [0, 0.1) is 23.7 Å². The van der Waals surface area contributed by atoms with Gasteiger partial charge in [-0.3, -0.25) is 29.4 Å². The van der Waals surface area contributed by atoms with E-state index in [0.29, 0.717) is 5.69 Å². The molecule has 4 unspecified atom stereocenters. The quantitative estimate of drug-likeness (QED) is 0.710. The highest BCUT2D eigenvalue weighted by atomic mass is 16.2. The van der Waals surface area contributed by atoms with E-state index in [4.69, 9.17) is 0 Å². The first-order valence-corrected chi connectivity index (χ1v) is 6.39. The number of rotatable bonds is 1. The maximum absolute atomic E-state index is 12.4. The molecule has 0 aromatic heterocycles. The summed E-state index contributed by atoms with van der Waals surface area (Å²) in [5, 5.41) is 2.20. The second kappa shape index (κ2) is 3.53. The van der Waals surface area contributed by atoms with Gasteiger partial charge in [-0.25, -0.2) is 0 Å². The van der Waals surface area contributed by atoms with Crippen molar-refractivity contribution in [2.45, 2.75) is 0 Å². The largest absolute Gasteiger partial charge is 0.296 e. The van der Waals surface area contributed by atoms with Crippen molar-refractivity contribution in [2.75, 3.05) is 4.90 Å². The highest BCUT2D eigenvalue weighted by molar-refractivity contribution is 6.27. The highest BCUT2D eigenvalue weighted by Gasteiger charge is 2.71. The molecular weight excluding hydrogens is 260 g/mol. The fraction of sp³-hybridized carbons (Fsp3) is 0.286. The molecular formula is C14H10N2O4. The van der Waals surface area contributed by atoms with Gasteiger partial charge in [0.25, 0.3) is 0 Å². The van der Waals surface area contributed by atoms with Crippen LogP contribution >= 0.6 is 0 Å². The van der Waals surface area contributed by atoms with Crippen LogP contribution in [-0.4, -0.2) is 23.6 Å². The summed E-state index contributed by atoms with van der Waals surface area (Å²) in [4.78, 5) is 49.2. The van der Waals surface area contributed by atoms with Crippen molar-refractivity contribution in [3.05, 3.63) is 30.3 Å². The van der Waals surface area contributed by atoms with E-state index in [0.717, 1.165) is 4.90 Å². The van der Waals surface area contributed by atoms with E-state index in [-0.39, 0.29) is 11.8 Å². The van der Waals surface area contributed by atoms with Crippen molar-refractivity contribution in [2.24, 2.45) is 23.7 Å². The number of para-hydroxylation sites is 1. The van der Waals surface area contributed by atoms with Crippen LogP contribution in [0.4, 0.5) is 5.69 Å². The molecule has 0 spiro atoms. The number of hydrogen-bond donors (Lipinski definition) is 1. The second-order valence-electron chi connectivity index (χ2n) is 5.30. The van der Waals surface area contributed by atoms with E-state index >= 15 is 0 Å². The molecule has 1 aliphatic carbocycles. The van der Waals surface area contributed by atoms with Crippen molar-refractivity contribution < 1.29 is 19.2 Å². The summed E-state index contributed by atoms with van der Waals surface area (Å²) >= 11 is 0. The molecule has 20 heavy (non-hydrogen) atoms. The van der Waals surface area contributed by atoms with Gasteiger partial charge in [-0.2, -0.15) is 0 Å². The van der Waals surface area contributed by atoms with Gasteiger partial charge >= 0.3 is 0 Å². The zero-order valence-electron chi connectivity index (χ0n) is 10.3. The topological polar surface area (TPSA) is 83.6 Å². The Morgan fingerprint density at radius 3 is 1.75 bits per heavy atom. The van der Waals surface area contributed by atoms with E-state index in [1.54, 1.807) is 30.3 Å². The summed E-state index contributed by atoms with van der Waals surface area (Å²) in [5.74, 6) is -4.32. The number of carbonyl (C=O) groups is 4. The van der Waals surface area contributed by atoms with Crippen LogP contribution in [0.25, 0.3) is 0 Å². The molecule has 0 radical (unpaired) electrons. The number of nitrogens with zero attached hydrogens (tertiary/aromatic N) is 1. The first-order valence-electron chi connectivity index (χ1n) is 6.39. The van der Waals surface area contributed by atoms with E-state index in [1.165, 1.54) is 0 Å². The first-order chi connectivity index (χ1) is 9.61. The number of nitrogens with one attached hydrogen (secondary N) is 1. The summed E-state index contributed by atoms with van der Waals surface area (Å²) in [5.41, 5.74) is 0.489. The van der Waals surface area contributed by atoms with Crippen LogP contribution in [0.5, 0.6) is 0 Å². The average molecular weight is 270 g/mol. The molecule has 3 fully saturated rings. The summed E-state index contributed by atoms with van der Waals surface area (Å²) in [6, 6.07) is 8.58. The normalized spacial score (nSPS) is 34.7. The minimum Gasteiger partial charge on any atom is -0.296 e. The molecule has 2 heterocycles. The van der Waals surface area contributed by atoms with Crippen molar-refractivity contribution in [3.63, 3.8) is 0 Å². The Morgan fingerprint density at radius 2 is 1.25 bits per heavy atom. The molecule has 100 valence electrons. The maximum Gasteiger partial charge on any atom is 0.238 e. The van der Waals surface area contributed by atoms with Crippen LogP contribution in [0.1, 0.15) is 0 Å². The molecule has 1 N–H and O–H groups in total. The molecule has 2 saturated heterocycles. The summed E-state index contributed by atoms with van der Waals surface area (Å²) < 4.78 is 0. The standard InChI is InChI=1S/C14H10N2O4/c17-11-7-8(12(18)15-11)10-9(7)13(19)16(14(10)20)6-4-2-1-3-5-6/h1-5,7-10H,(H,15,17,18). The number of imide groups is 2. The number of fused-ring (bicyclic) bond motifs is 4. The smallest absolute Gasteiger partial charge is 0.238 e. The molecule has 2 aliphatic heterocycles. The predicted molar refractivity (Wildman–Crippen MR) is 66.0 cm³/mol. The number of hydrogen-bond acceptors (Lipinski definition) is 4. The Labute approximate surface area is 113 Å². The van der Waals surface area contributed by atoms with Crippen molar-refractivity contribution in [1.29, 1.82) is 0 Å². The lowest BCUT2D eigenvalue weighted by Crippen LogP contribution is -2.50. The minimum atomic E-state index is -0.681. The van der Waals surface area contributed by atoms with Gasteiger partial charge in [0.15, 0.2) is 0 Å². The average Bonchev–Trinajstić information content (AvgIpc) is 2.72. The van der Waals surface area contributed by atoms with E-state index in [1.807, 2.05) is 0 Å². The highest BCUT2D eigenvalue weighted by Crippen LogP contribution is 2.54. The third kappa shape index (κ3) is 1.14. The number of benzene rings is 1. The van der Waals surface area contributed by atoms with Gasteiger partial charge in [0.1, 0.15) is 0 Å². The molecule has 1 aromatic carbocycles. The SMILES string of the molecule is O=C1NC(=O)C2C1C1C(=O)N(c3ccccc3)C(=O)C21. The Kier molecular flexibility index (Phi) is 2.00. The Bertz CT molecular complexity index is 631. The van der Waals surface area contributed by atoms with Gasteiger partial charge in [-0.15, -0.1) is 0 Å². The third-order valence-corrected chi connectivity index (χ3v) is 4.42. The Morgan fingerprint density at radius 1 is 0.750 bits per heavy atom. The van der Waals surface area contributed by atoms with Crippen LogP contribution in [0.15, 0.2) is 30.3 Å². The van der Waals surface area contributed by atoms with Crippen molar-refractivity contribution in [1.82, 2.24) is 5.32 Å². The molecule has 1 saturated carbocycles. The molecule has 6 heteroatoms. The predicted octanol–water partition coefficient (Wildman–Crippen LogP) is -0.305. The van der Waals surface area contributed by atoms with Gasteiger partial charge in [0.2, 0.25) is 23.6 Å². The Hall–Kier alpha value is -2.50. The van der Waals surface area contributed by atoms with Crippen LogP contribution < -0.4 is 10.2 Å². The molecule has 6 nitrogen and oxygen atoms in total. The van der Waals surface area contributed by atoms with Gasteiger partial charge in [0, 0.05) is 0 Å². The van der Waals surface area contributed by atoms with Crippen LogP contribution in [0.2, 0.25) is 0 Å². The zero-order valence-corrected chi connectivity index (χ0v) is 10.3. The lowest BCUT2D eigenvalue weighted by molar-refractivity contribution is -0.146.